The van der Waals surface area contributed by atoms with Crippen LogP contribution in [0.1, 0.15) is 33.1 Å². The minimum atomic E-state index is 0.243. The Balaban J connectivity index is 1.88. The summed E-state index contributed by atoms with van der Waals surface area (Å²) in [7, 11) is 0. The Morgan fingerprint density at radius 2 is 1.90 bits per heavy atom. The van der Waals surface area contributed by atoms with E-state index in [0.29, 0.717) is 17.3 Å². The zero-order valence-corrected chi connectivity index (χ0v) is 12.5. The lowest BCUT2D eigenvalue weighted by molar-refractivity contribution is 0.325. The topological polar surface area (TPSA) is 85.8 Å². The molecule has 0 aromatic carbocycles. The molecule has 7 nitrogen and oxygen atoms in total. The maximum Gasteiger partial charge on any atom is 0.241 e. The van der Waals surface area contributed by atoms with Gasteiger partial charge in [0.2, 0.25) is 17.8 Å². The number of hydrogen-bond donors (Lipinski definition) is 1. The molecule has 3 heterocycles. The summed E-state index contributed by atoms with van der Waals surface area (Å²) in [5.41, 5.74) is 6.22. The highest BCUT2D eigenvalue weighted by molar-refractivity contribution is 5.38. The van der Waals surface area contributed by atoms with Gasteiger partial charge < -0.3 is 10.6 Å². The first-order valence-electron chi connectivity index (χ1n) is 7.28. The van der Waals surface area contributed by atoms with Crippen LogP contribution in [0.2, 0.25) is 0 Å². The molecule has 1 saturated heterocycles. The minimum absolute atomic E-state index is 0.243. The standard InChI is InChI=1S/C14H21N7/c1-14(2)4-3-7-20(8-5-14)12-17-11(15)18-13(19-12)21-9-6-16-10-21/h6,9-10H,3-5,7-8H2,1-2H3,(H2,15,17,18,19). The highest BCUT2D eigenvalue weighted by Gasteiger charge is 2.24. The molecule has 3 rings (SSSR count). The van der Waals surface area contributed by atoms with E-state index in [-0.39, 0.29) is 5.95 Å². The van der Waals surface area contributed by atoms with Crippen LogP contribution in [-0.2, 0) is 0 Å². The Morgan fingerprint density at radius 1 is 1.10 bits per heavy atom. The molecule has 0 amide bonds. The molecule has 0 aliphatic carbocycles. The van der Waals surface area contributed by atoms with Gasteiger partial charge in [0.05, 0.1) is 0 Å². The van der Waals surface area contributed by atoms with Crippen molar-refractivity contribution in [1.29, 1.82) is 0 Å². The van der Waals surface area contributed by atoms with Gasteiger partial charge in [0.15, 0.2) is 0 Å². The lowest BCUT2D eigenvalue weighted by Crippen LogP contribution is -2.28. The molecule has 1 aliphatic rings. The van der Waals surface area contributed by atoms with Gasteiger partial charge in [0, 0.05) is 25.5 Å². The van der Waals surface area contributed by atoms with Crippen LogP contribution >= 0.6 is 0 Å². The summed E-state index contributed by atoms with van der Waals surface area (Å²) in [6.07, 6.45) is 8.62. The number of aromatic nitrogens is 5. The Labute approximate surface area is 124 Å². The van der Waals surface area contributed by atoms with Crippen LogP contribution in [0.4, 0.5) is 11.9 Å². The van der Waals surface area contributed by atoms with Crippen LogP contribution in [0.3, 0.4) is 0 Å². The highest BCUT2D eigenvalue weighted by Crippen LogP contribution is 2.30. The molecule has 2 aromatic heterocycles. The number of rotatable bonds is 2. The van der Waals surface area contributed by atoms with Crippen molar-refractivity contribution in [2.24, 2.45) is 5.41 Å². The number of nitrogens with zero attached hydrogens (tertiary/aromatic N) is 6. The van der Waals surface area contributed by atoms with Crippen molar-refractivity contribution in [3.05, 3.63) is 18.7 Å². The van der Waals surface area contributed by atoms with E-state index < -0.39 is 0 Å². The van der Waals surface area contributed by atoms with Gasteiger partial charge in [-0.3, -0.25) is 4.57 Å². The highest BCUT2D eigenvalue weighted by atomic mass is 15.3. The number of nitrogen functional groups attached to an aromatic ring is 1. The summed E-state index contributed by atoms with van der Waals surface area (Å²) in [4.78, 5) is 19.2. The fourth-order valence-electron chi connectivity index (χ4n) is 2.63. The molecule has 2 aromatic rings. The van der Waals surface area contributed by atoms with Crippen LogP contribution in [0.25, 0.3) is 5.95 Å². The Morgan fingerprint density at radius 3 is 2.67 bits per heavy atom. The Kier molecular flexibility index (Phi) is 3.48. The van der Waals surface area contributed by atoms with Crippen molar-refractivity contribution in [1.82, 2.24) is 24.5 Å². The van der Waals surface area contributed by atoms with Gasteiger partial charge in [-0.15, -0.1) is 0 Å². The van der Waals surface area contributed by atoms with Crippen molar-refractivity contribution in [3.8, 4) is 5.95 Å². The molecular formula is C14H21N7. The largest absolute Gasteiger partial charge is 0.368 e. The zero-order valence-electron chi connectivity index (χ0n) is 12.5. The second kappa shape index (κ2) is 5.31. The Hall–Kier alpha value is -2.18. The average molecular weight is 287 g/mol. The van der Waals surface area contributed by atoms with E-state index in [4.69, 9.17) is 5.73 Å². The third kappa shape index (κ3) is 3.12. The van der Waals surface area contributed by atoms with E-state index >= 15 is 0 Å². The molecule has 0 bridgehead atoms. The van der Waals surface area contributed by atoms with Gasteiger partial charge in [-0.2, -0.15) is 15.0 Å². The van der Waals surface area contributed by atoms with Crippen molar-refractivity contribution < 1.29 is 0 Å². The quantitative estimate of drug-likeness (QED) is 0.904. The van der Waals surface area contributed by atoms with Crippen molar-refractivity contribution in [2.45, 2.75) is 33.1 Å². The third-order valence-corrected chi connectivity index (χ3v) is 3.99. The molecule has 112 valence electrons. The van der Waals surface area contributed by atoms with Gasteiger partial charge >= 0.3 is 0 Å². The molecule has 2 N–H and O–H groups in total. The number of hydrogen-bond acceptors (Lipinski definition) is 6. The molecule has 0 unspecified atom stereocenters. The van der Waals surface area contributed by atoms with E-state index in [1.165, 1.54) is 6.42 Å². The minimum Gasteiger partial charge on any atom is -0.368 e. The maximum absolute atomic E-state index is 5.84. The molecular weight excluding hydrogens is 266 g/mol. The normalized spacial score (nSPS) is 18.5. The summed E-state index contributed by atoms with van der Waals surface area (Å²) in [6, 6.07) is 0. The van der Waals surface area contributed by atoms with E-state index in [1.54, 1.807) is 23.3 Å². The van der Waals surface area contributed by atoms with Crippen molar-refractivity contribution in [2.75, 3.05) is 23.7 Å². The van der Waals surface area contributed by atoms with Crippen molar-refractivity contribution in [3.63, 3.8) is 0 Å². The second-order valence-electron chi connectivity index (χ2n) is 6.27. The van der Waals surface area contributed by atoms with Crippen LogP contribution in [-0.4, -0.2) is 37.6 Å². The summed E-state index contributed by atoms with van der Waals surface area (Å²) in [6.45, 7) is 6.53. The first-order valence-corrected chi connectivity index (χ1v) is 7.28. The summed E-state index contributed by atoms with van der Waals surface area (Å²) >= 11 is 0. The van der Waals surface area contributed by atoms with Crippen LogP contribution in [0, 0.1) is 5.41 Å². The fraction of sp³-hybridized carbons (Fsp3) is 0.571. The maximum atomic E-state index is 5.84. The predicted molar refractivity (Wildman–Crippen MR) is 81.2 cm³/mol. The van der Waals surface area contributed by atoms with E-state index in [9.17, 15) is 0 Å². The van der Waals surface area contributed by atoms with Crippen molar-refractivity contribution >= 4 is 11.9 Å². The molecule has 0 radical (unpaired) electrons. The molecule has 21 heavy (non-hydrogen) atoms. The van der Waals surface area contributed by atoms with Crippen LogP contribution in [0.15, 0.2) is 18.7 Å². The van der Waals surface area contributed by atoms with Gasteiger partial charge in [0.1, 0.15) is 6.33 Å². The smallest absolute Gasteiger partial charge is 0.241 e. The van der Waals surface area contributed by atoms with Crippen LogP contribution in [0.5, 0.6) is 0 Å². The first kappa shape index (κ1) is 13.8. The van der Waals surface area contributed by atoms with E-state index in [0.717, 1.165) is 25.9 Å². The number of anilines is 2. The number of imidazole rings is 1. The first-order chi connectivity index (χ1) is 10.0. The second-order valence-corrected chi connectivity index (χ2v) is 6.27. The summed E-state index contributed by atoms with van der Waals surface area (Å²) in [5, 5.41) is 0. The number of nitrogens with two attached hydrogens (primary N) is 1. The predicted octanol–water partition coefficient (Wildman–Crippen LogP) is 1.66. The summed E-state index contributed by atoms with van der Waals surface area (Å²) < 4.78 is 1.74. The van der Waals surface area contributed by atoms with Crippen LogP contribution < -0.4 is 10.6 Å². The zero-order chi connectivity index (χ0) is 14.9. The third-order valence-electron chi connectivity index (χ3n) is 3.99. The molecule has 1 fully saturated rings. The molecule has 0 saturated carbocycles. The van der Waals surface area contributed by atoms with Gasteiger partial charge in [-0.05, 0) is 24.7 Å². The molecule has 1 aliphatic heterocycles. The SMILES string of the molecule is CC1(C)CCCN(c2nc(N)nc(-n3ccnc3)n2)CC1. The fourth-order valence-corrected chi connectivity index (χ4v) is 2.63. The summed E-state index contributed by atoms with van der Waals surface area (Å²) in [5.74, 6) is 1.41. The van der Waals surface area contributed by atoms with Gasteiger partial charge in [-0.25, -0.2) is 4.98 Å². The van der Waals surface area contributed by atoms with E-state index in [2.05, 4.69) is 38.7 Å². The lowest BCUT2D eigenvalue weighted by atomic mass is 9.85. The lowest BCUT2D eigenvalue weighted by Gasteiger charge is -2.23. The van der Waals surface area contributed by atoms with Gasteiger partial charge in [0.25, 0.3) is 0 Å². The Bertz CT molecular complexity index is 606. The average Bonchev–Trinajstić information content (AvgIpc) is 2.89. The monoisotopic (exact) mass is 287 g/mol. The van der Waals surface area contributed by atoms with E-state index in [1.807, 2.05) is 0 Å². The van der Waals surface area contributed by atoms with Gasteiger partial charge in [-0.1, -0.05) is 13.8 Å². The molecule has 0 spiro atoms. The molecule has 0 atom stereocenters. The molecule has 7 heteroatoms.